The first-order valence-corrected chi connectivity index (χ1v) is 7.21. The normalized spacial score (nSPS) is 10.6. The Labute approximate surface area is 104 Å². The summed E-state index contributed by atoms with van der Waals surface area (Å²) in [5, 5.41) is 3.30. The minimum Gasteiger partial charge on any atom is -0.399 e. The number of thiazole rings is 1. The van der Waals surface area contributed by atoms with Gasteiger partial charge in [-0.3, -0.25) is 0 Å². The highest BCUT2D eigenvalue weighted by atomic mass is 32.2. The molecule has 0 aliphatic rings. The van der Waals surface area contributed by atoms with E-state index in [2.05, 4.69) is 17.3 Å². The van der Waals surface area contributed by atoms with Crippen molar-refractivity contribution in [3.8, 4) is 11.3 Å². The second kappa shape index (κ2) is 5.37. The first-order valence-electron chi connectivity index (χ1n) is 5.17. The zero-order chi connectivity index (χ0) is 11.4. The summed E-state index contributed by atoms with van der Waals surface area (Å²) in [5.74, 6) is 2.15. The Hall–Kier alpha value is -1.00. The van der Waals surface area contributed by atoms with Gasteiger partial charge in [-0.15, -0.1) is 11.3 Å². The predicted octanol–water partition coefficient (Wildman–Crippen LogP) is 3.65. The number of nitrogens with zero attached hydrogens (tertiary/aromatic N) is 1. The van der Waals surface area contributed by atoms with Gasteiger partial charge in [-0.2, -0.15) is 11.8 Å². The van der Waals surface area contributed by atoms with Gasteiger partial charge < -0.3 is 5.73 Å². The molecular formula is C12H14N2S2. The molecular weight excluding hydrogens is 236 g/mol. The topological polar surface area (TPSA) is 38.9 Å². The minimum absolute atomic E-state index is 0.792. The maximum Gasteiger partial charge on any atom is 0.103 e. The molecule has 0 unspecified atom stereocenters. The molecule has 4 heteroatoms. The number of thioether (sulfide) groups is 1. The molecule has 16 heavy (non-hydrogen) atoms. The Morgan fingerprint density at radius 2 is 2.06 bits per heavy atom. The lowest BCUT2D eigenvalue weighted by Gasteiger charge is -1.97. The zero-order valence-electron chi connectivity index (χ0n) is 9.14. The highest BCUT2D eigenvalue weighted by molar-refractivity contribution is 7.98. The van der Waals surface area contributed by atoms with E-state index < -0.39 is 0 Å². The van der Waals surface area contributed by atoms with E-state index in [1.165, 1.54) is 5.01 Å². The van der Waals surface area contributed by atoms with E-state index in [4.69, 9.17) is 5.73 Å². The molecule has 0 atom stereocenters. The Kier molecular flexibility index (Phi) is 3.85. The van der Waals surface area contributed by atoms with Crippen LogP contribution in [0.5, 0.6) is 0 Å². The molecule has 0 fully saturated rings. The molecule has 2 nitrogen and oxygen atoms in total. The van der Waals surface area contributed by atoms with Crippen LogP contribution in [0.3, 0.4) is 0 Å². The summed E-state index contributed by atoms with van der Waals surface area (Å²) in [7, 11) is 0. The lowest BCUT2D eigenvalue weighted by Crippen LogP contribution is -1.85. The van der Waals surface area contributed by atoms with Crippen molar-refractivity contribution < 1.29 is 0 Å². The number of rotatable bonds is 4. The van der Waals surface area contributed by atoms with Crippen LogP contribution >= 0.6 is 23.1 Å². The predicted molar refractivity (Wildman–Crippen MR) is 73.8 cm³/mol. The average molecular weight is 250 g/mol. The number of hydrogen-bond acceptors (Lipinski definition) is 4. The molecule has 0 aliphatic heterocycles. The first-order chi connectivity index (χ1) is 7.79. The number of hydrogen-bond donors (Lipinski definition) is 1. The monoisotopic (exact) mass is 250 g/mol. The molecule has 84 valence electrons. The molecule has 0 bridgehead atoms. The molecule has 0 amide bonds. The second-order valence-corrected chi connectivity index (χ2v) is 5.60. The van der Waals surface area contributed by atoms with Gasteiger partial charge in [-0.25, -0.2) is 4.98 Å². The average Bonchev–Trinajstić information content (AvgIpc) is 2.76. The lowest BCUT2D eigenvalue weighted by atomic mass is 10.1. The van der Waals surface area contributed by atoms with Crippen LogP contribution in [0, 0.1) is 0 Å². The van der Waals surface area contributed by atoms with Crippen LogP contribution in [0.25, 0.3) is 11.3 Å². The third-order valence-electron chi connectivity index (χ3n) is 2.19. The van der Waals surface area contributed by atoms with E-state index in [1.54, 1.807) is 11.3 Å². The van der Waals surface area contributed by atoms with Crippen molar-refractivity contribution >= 4 is 28.8 Å². The number of anilines is 1. The van der Waals surface area contributed by atoms with Crippen LogP contribution in [0.15, 0.2) is 29.6 Å². The molecule has 2 aromatic rings. The quantitative estimate of drug-likeness (QED) is 0.842. The van der Waals surface area contributed by atoms with Gasteiger partial charge in [0.25, 0.3) is 0 Å². The van der Waals surface area contributed by atoms with E-state index in [1.807, 2.05) is 36.0 Å². The highest BCUT2D eigenvalue weighted by Crippen LogP contribution is 2.24. The summed E-state index contributed by atoms with van der Waals surface area (Å²) in [4.78, 5) is 4.60. The highest BCUT2D eigenvalue weighted by Gasteiger charge is 2.03. The van der Waals surface area contributed by atoms with E-state index in [0.29, 0.717) is 0 Å². The van der Waals surface area contributed by atoms with Crippen LogP contribution in [0.1, 0.15) is 11.9 Å². The largest absolute Gasteiger partial charge is 0.399 e. The van der Waals surface area contributed by atoms with Gasteiger partial charge >= 0.3 is 0 Å². The lowest BCUT2D eigenvalue weighted by molar-refractivity contribution is 1.27. The summed E-state index contributed by atoms with van der Waals surface area (Å²) in [6.07, 6.45) is 0. The van der Waals surface area contributed by atoms with Crippen LogP contribution < -0.4 is 5.73 Å². The van der Waals surface area contributed by atoms with Crippen molar-refractivity contribution in [2.45, 2.75) is 12.7 Å². The fourth-order valence-corrected chi connectivity index (χ4v) is 2.91. The van der Waals surface area contributed by atoms with Crippen molar-refractivity contribution in [1.82, 2.24) is 4.98 Å². The van der Waals surface area contributed by atoms with Crippen molar-refractivity contribution in [3.05, 3.63) is 34.7 Å². The van der Waals surface area contributed by atoms with Crippen molar-refractivity contribution in [3.63, 3.8) is 0 Å². The number of aromatic nitrogens is 1. The Bertz CT molecular complexity index is 448. The van der Waals surface area contributed by atoms with E-state index >= 15 is 0 Å². The van der Waals surface area contributed by atoms with Gasteiger partial charge in [0.2, 0.25) is 0 Å². The first kappa shape index (κ1) is 11.5. The molecule has 0 spiro atoms. The molecule has 1 aromatic heterocycles. The third-order valence-corrected chi connectivity index (χ3v) is 4.11. The van der Waals surface area contributed by atoms with Gasteiger partial charge in [0.1, 0.15) is 5.01 Å². The molecule has 1 aromatic carbocycles. The van der Waals surface area contributed by atoms with Gasteiger partial charge in [0, 0.05) is 22.4 Å². The van der Waals surface area contributed by atoms with E-state index in [9.17, 15) is 0 Å². The van der Waals surface area contributed by atoms with E-state index in [-0.39, 0.29) is 0 Å². The van der Waals surface area contributed by atoms with Crippen LogP contribution in [0.4, 0.5) is 5.69 Å². The number of nitrogen functional groups attached to an aromatic ring is 1. The smallest absolute Gasteiger partial charge is 0.103 e. The number of nitrogens with two attached hydrogens (primary N) is 1. The minimum atomic E-state index is 0.792. The fourth-order valence-electron chi connectivity index (χ4n) is 1.35. The summed E-state index contributed by atoms with van der Waals surface area (Å²) < 4.78 is 0. The van der Waals surface area contributed by atoms with Gasteiger partial charge in [-0.1, -0.05) is 19.1 Å². The molecule has 0 aliphatic carbocycles. The van der Waals surface area contributed by atoms with Gasteiger partial charge in [-0.05, 0) is 17.9 Å². The SMILES string of the molecule is CCSCc1nc(-c2ccc(N)cc2)cs1. The summed E-state index contributed by atoms with van der Waals surface area (Å²) in [6, 6.07) is 7.85. The maximum atomic E-state index is 5.65. The van der Waals surface area contributed by atoms with Gasteiger partial charge in [0.15, 0.2) is 0 Å². The maximum absolute atomic E-state index is 5.65. The van der Waals surface area contributed by atoms with Crippen molar-refractivity contribution in [1.29, 1.82) is 0 Å². The van der Waals surface area contributed by atoms with Crippen molar-refractivity contribution in [2.75, 3.05) is 11.5 Å². The Balaban J connectivity index is 2.15. The molecule has 1 heterocycles. The van der Waals surface area contributed by atoms with Crippen LogP contribution in [-0.4, -0.2) is 10.7 Å². The zero-order valence-corrected chi connectivity index (χ0v) is 10.8. The Morgan fingerprint density at radius 1 is 1.31 bits per heavy atom. The molecule has 2 rings (SSSR count). The molecule has 2 N–H and O–H groups in total. The number of benzene rings is 1. The Morgan fingerprint density at radius 3 is 2.75 bits per heavy atom. The van der Waals surface area contributed by atoms with Crippen LogP contribution in [-0.2, 0) is 5.75 Å². The van der Waals surface area contributed by atoms with Crippen LogP contribution in [0.2, 0.25) is 0 Å². The van der Waals surface area contributed by atoms with Crippen molar-refractivity contribution in [2.24, 2.45) is 0 Å². The molecule has 0 radical (unpaired) electrons. The van der Waals surface area contributed by atoms with Gasteiger partial charge in [0.05, 0.1) is 5.69 Å². The standard InChI is InChI=1S/C12H14N2S2/c1-2-15-8-12-14-11(7-16-12)9-3-5-10(13)6-4-9/h3-7H,2,8,13H2,1H3. The molecule has 0 saturated heterocycles. The van der Waals surface area contributed by atoms with E-state index in [0.717, 1.165) is 28.5 Å². The second-order valence-electron chi connectivity index (χ2n) is 3.39. The fraction of sp³-hybridized carbons (Fsp3) is 0.250. The summed E-state index contributed by atoms with van der Waals surface area (Å²) in [5.41, 5.74) is 8.64. The third kappa shape index (κ3) is 2.77. The summed E-state index contributed by atoms with van der Waals surface area (Å²) >= 11 is 3.63. The summed E-state index contributed by atoms with van der Waals surface area (Å²) in [6.45, 7) is 2.17. The molecule has 0 saturated carbocycles.